The van der Waals surface area contributed by atoms with Crippen LogP contribution in [0.4, 0.5) is 0 Å². The van der Waals surface area contributed by atoms with Crippen molar-refractivity contribution >= 4 is 29.3 Å². The largest absolute Gasteiger partial charge is 0.141 e. The smallest absolute Gasteiger partial charge is 0.00582 e. The average Bonchev–Trinajstić information content (AvgIpc) is 1.86. The molecule has 0 aliphatic rings. The van der Waals surface area contributed by atoms with Crippen LogP contribution in [0.25, 0.3) is 0 Å². The Morgan fingerprint density at radius 3 is 2.11 bits per heavy atom. The van der Waals surface area contributed by atoms with Gasteiger partial charge in [0, 0.05) is 5.24 Å². The predicted molar refractivity (Wildman–Crippen MR) is 53.6 cm³/mol. The van der Waals surface area contributed by atoms with Crippen LogP contribution in [0.1, 0.15) is 27.2 Å². The highest BCUT2D eigenvalue weighted by molar-refractivity contribution is 8.63. The van der Waals surface area contributed by atoms with E-state index in [1.807, 2.05) is 0 Å². The Balaban J connectivity index is 3.98. The fourth-order valence-electron chi connectivity index (χ4n) is 0.597. The molecule has 3 heteroatoms. The highest BCUT2D eigenvalue weighted by atomic mass is 32.9. The summed E-state index contributed by atoms with van der Waals surface area (Å²) in [6, 6.07) is 0. The molecule has 0 rings (SSSR count). The summed E-state index contributed by atoms with van der Waals surface area (Å²) in [4.78, 5) is 0. The molecule has 2 unspecified atom stereocenters. The third kappa shape index (κ3) is 3.06. The number of hydrogen-bond donors (Lipinski definition) is 1. The van der Waals surface area contributed by atoms with Crippen molar-refractivity contribution in [3.63, 3.8) is 0 Å². The molecule has 0 aromatic rings. The van der Waals surface area contributed by atoms with Crippen LogP contribution in [0.5, 0.6) is 0 Å². The van der Waals surface area contributed by atoms with E-state index in [1.54, 1.807) is 0 Å². The van der Waals surface area contributed by atoms with E-state index in [0.717, 1.165) is 6.16 Å². The number of hydrogen-bond acceptors (Lipinski definition) is 1. The molecule has 0 saturated carbocycles. The molecule has 0 aliphatic carbocycles. The second-order valence-electron chi connectivity index (χ2n) is 2.33. The zero-order chi connectivity index (χ0) is 7.49. The predicted octanol–water partition coefficient (Wildman–Crippen LogP) is 3.13. The molecule has 0 radical (unpaired) electrons. The maximum Gasteiger partial charge on any atom is 0.00582 e. The molecule has 0 bridgehead atoms. The Hall–Kier alpha value is 1.00. The van der Waals surface area contributed by atoms with Gasteiger partial charge in [0.15, 0.2) is 0 Å². The van der Waals surface area contributed by atoms with Gasteiger partial charge < -0.3 is 0 Å². The summed E-state index contributed by atoms with van der Waals surface area (Å²) in [5.41, 5.74) is 0.654. The van der Waals surface area contributed by atoms with Crippen LogP contribution in [0.2, 0.25) is 0 Å². The number of thiol groups is 1. The quantitative estimate of drug-likeness (QED) is 0.517. The van der Waals surface area contributed by atoms with Gasteiger partial charge in [0.05, 0.1) is 0 Å². The normalized spacial score (nSPS) is 20.9. The minimum absolute atomic E-state index is 0.654. The van der Waals surface area contributed by atoms with E-state index in [-0.39, 0.29) is 0 Å². The lowest BCUT2D eigenvalue weighted by atomic mass is 10.4. The van der Waals surface area contributed by atoms with Gasteiger partial charge in [-0.25, -0.2) is 0 Å². The first-order valence-electron chi connectivity index (χ1n) is 3.36. The first-order valence-corrected chi connectivity index (χ1v) is 7.57. The second-order valence-corrected chi connectivity index (χ2v) is 10.3. The van der Waals surface area contributed by atoms with Crippen molar-refractivity contribution in [2.45, 2.75) is 32.9 Å². The van der Waals surface area contributed by atoms with E-state index in [1.165, 1.54) is 6.42 Å². The van der Waals surface area contributed by atoms with Gasteiger partial charge in [0.25, 0.3) is 0 Å². The standard InChI is InChI=1S/C6H15PS2/c1-4-6(3)7(8,9)5-2/h6H,4-5H2,1-3H3,(H,8,9). The van der Waals surface area contributed by atoms with Gasteiger partial charge >= 0.3 is 0 Å². The molecule has 0 aliphatic heterocycles. The first kappa shape index (κ1) is 10.0. The van der Waals surface area contributed by atoms with Gasteiger partial charge in [0.1, 0.15) is 0 Å². The second kappa shape index (κ2) is 4.00. The lowest BCUT2D eigenvalue weighted by molar-refractivity contribution is 0.896. The van der Waals surface area contributed by atoms with Crippen molar-refractivity contribution in [2.75, 3.05) is 6.16 Å². The Kier molecular flexibility index (Phi) is 4.44. The summed E-state index contributed by atoms with van der Waals surface area (Å²) in [6.45, 7) is 6.52. The molecule has 0 nitrogen and oxygen atoms in total. The van der Waals surface area contributed by atoms with Crippen molar-refractivity contribution in [3.05, 3.63) is 0 Å². The molecule has 0 saturated heterocycles. The average molecular weight is 182 g/mol. The molecule has 0 amide bonds. The highest BCUT2D eigenvalue weighted by Crippen LogP contribution is 2.56. The summed E-state index contributed by atoms with van der Waals surface area (Å²) in [5, 5.41) is -1.24. The van der Waals surface area contributed by atoms with Gasteiger partial charge in [-0.2, -0.15) is 0 Å². The number of rotatable bonds is 3. The minimum atomic E-state index is -1.24. The van der Waals surface area contributed by atoms with Crippen LogP contribution in [-0.2, 0) is 11.8 Å². The molecular weight excluding hydrogens is 167 g/mol. The molecule has 0 N–H and O–H groups in total. The Bertz CT molecular complexity index is 122. The maximum atomic E-state index is 5.34. The zero-order valence-electron chi connectivity index (χ0n) is 6.29. The lowest BCUT2D eigenvalue weighted by Crippen LogP contribution is -1.98. The topological polar surface area (TPSA) is 0 Å². The van der Waals surface area contributed by atoms with Gasteiger partial charge in [-0.1, -0.05) is 32.6 Å². The van der Waals surface area contributed by atoms with Crippen LogP contribution in [0.3, 0.4) is 0 Å². The highest BCUT2D eigenvalue weighted by Gasteiger charge is 2.15. The molecule has 0 spiro atoms. The van der Waals surface area contributed by atoms with Crippen LogP contribution in [0.15, 0.2) is 0 Å². The van der Waals surface area contributed by atoms with E-state index >= 15 is 0 Å². The van der Waals surface area contributed by atoms with Crippen LogP contribution in [-0.4, -0.2) is 11.8 Å². The summed E-state index contributed by atoms with van der Waals surface area (Å²) < 4.78 is 0. The Labute approximate surface area is 68.6 Å². The van der Waals surface area contributed by atoms with Gasteiger partial charge in [-0.15, -0.1) is 12.2 Å². The molecule has 2 atom stereocenters. The third-order valence-corrected chi connectivity index (χ3v) is 8.27. The Morgan fingerprint density at radius 1 is 1.56 bits per heavy atom. The van der Waals surface area contributed by atoms with Gasteiger partial charge in [-0.05, 0) is 18.2 Å². The minimum Gasteiger partial charge on any atom is -0.141 e. The van der Waals surface area contributed by atoms with E-state index in [2.05, 4.69) is 33.0 Å². The van der Waals surface area contributed by atoms with Crippen LogP contribution >= 0.6 is 17.5 Å². The third-order valence-electron chi connectivity index (χ3n) is 1.73. The van der Waals surface area contributed by atoms with Crippen LogP contribution in [0, 0.1) is 0 Å². The van der Waals surface area contributed by atoms with Crippen molar-refractivity contribution in [2.24, 2.45) is 0 Å². The van der Waals surface area contributed by atoms with Gasteiger partial charge in [-0.3, -0.25) is 0 Å². The Morgan fingerprint density at radius 2 is 2.00 bits per heavy atom. The molecule has 0 aromatic heterocycles. The van der Waals surface area contributed by atoms with Crippen molar-refractivity contribution in [3.8, 4) is 0 Å². The maximum absolute atomic E-state index is 5.34. The first-order chi connectivity index (χ1) is 4.04. The summed E-state index contributed by atoms with van der Waals surface area (Å²) in [6.07, 6.45) is 2.26. The van der Waals surface area contributed by atoms with E-state index in [0.29, 0.717) is 5.66 Å². The molecule has 0 aromatic carbocycles. The molecular formula is C6H15PS2. The molecule has 9 heavy (non-hydrogen) atoms. The van der Waals surface area contributed by atoms with Crippen molar-refractivity contribution < 1.29 is 0 Å². The SMILES string of the molecule is CCC(C)P(=S)(S)CC. The summed E-state index contributed by atoms with van der Waals surface area (Å²) in [5.74, 6) is 0. The fourth-order valence-corrected chi connectivity index (χ4v) is 2.73. The molecule has 56 valence electrons. The van der Waals surface area contributed by atoms with E-state index in [9.17, 15) is 0 Å². The van der Waals surface area contributed by atoms with Crippen molar-refractivity contribution in [1.82, 2.24) is 0 Å². The zero-order valence-corrected chi connectivity index (χ0v) is 8.90. The van der Waals surface area contributed by atoms with Crippen LogP contribution < -0.4 is 0 Å². The molecule has 0 heterocycles. The fraction of sp³-hybridized carbons (Fsp3) is 1.00. The molecule has 0 fully saturated rings. The van der Waals surface area contributed by atoms with Gasteiger partial charge in [0.2, 0.25) is 0 Å². The summed E-state index contributed by atoms with van der Waals surface area (Å²) in [7, 11) is 0. The summed E-state index contributed by atoms with van der Waals surface area (Å²) >= 11 is 9.83. The van der Waals surface area contributed by atoms with E-state index in [4.69, 9.17) is 11.8 Å². The van der Waals surface area contributed by atoms with E-state index < -0.39 is 5.24 Å². The monoisotopic (exact) mass is 182 g/mol. The lowest BCUT2D eigenvalue weighted by Gasteiger charge is -2.19. The van der Waals surface area contributed by atoms with Crippen molar-refractivity contribution in [1.29, 1.82) is 0 Å².